The molecular formula is C19H39N5O2. The van der Waals surface area contributed by atoms with Gasteiger partial charge in [-0.15, -0.1) is 0 Å². The Labute approximate surface area is 159 Å². The van der Waals surface area contributed by atoms with E-state index in [2.05, 4.69) is 41.2 Å². The van der Waals surface area contributed by atoms with Gasteiger partial charge in [0.2, 0.25) is 0 Å². The summed E-state index contributed by atoms with van der Waals surface area (Å²) in [5.41, 5.74) is 0.0580. The number of rotatable bonds is 9. The molecule has 0 saturated carbocycles. The third kappa shape index (κ3) is 7.78. The molecule has 0 aromatic heterocycles. The number of hydrogen-bond acceptors (Lipinski definition) is 5. The summed E-state index contributed by atoms with van der Waals surface area (Å²) in [5.74, 6) is 0.931. The normalized spacial score (nSPS) is 21.0. The zero-order valence-electron chi connectivity index (χ0n) is 17.1. The van der Waals surface area contributed by atoms with E-state index in [1.807, 2.05) is 0 Å². The second kappa shape index (κ2) is 11.7. The number of aliphatic imine (C=N–C) groups is 1. The van der Waals surface area contributed by atoms with E-state index >= 15 is 0 Å². The minimum Gasteiger partial charge on any atom is -0.379 e. The molecule has 2 rings (SSSR count). The lowest BCUT2D eigenvalue weighted by Crippen LogP contribution is -2.52. The van der Waals surface area contributed by atoms with Crippen molar-refractivity contribution in [1.82, 2.24) is 20.4 Å². The van der Waals surface area contributed by atoms with Crippen molar-refractivity contribution in [3.05, 3.63) is 0 Å². The Hall–Kier alpha value is -0.890. The van der Waals surface area contributed by atoms with Gasteiger partial charge in [-0.25, -0.2) is 0 Å². The third-order valence-electron chi connectivity index (χ3n) is 5.13. The highest BCUT2D eigenvalue weighted by atomic mass is 16.5. The maximum absolute atomic E-state index is 5.47. The van der Waals surface area contributed by atoms with Crippen LogP contribution >= 0.6 is 0 Å². The lowest BCUT2D eigenvalue weighted by Gasteiger charge is -2.39. The summed E-state index contributed by atoms with van der Waals surface area (Å²) in [5, 5.41) is 6.85. The van der Waals surface area contributed by atoms with Crippen molar-refractivity contribution in [3.63, 3.8) is 0 Å². The summed E-state index contributed by atoms with van der Waals surface area (Å²) >= 11 is 0. The molecule has 0 radical (unpaired) electrons. The molecule has 0 amide bonds. The second-order valence-electron chi connectivity index (χ2n) is 7.69. The molecule has 152 valence electrons. The van der Waals surface area contributed by atoms with Crippen LogP contribution in [0.3, 0.4) is 0 Å². The largest absolute Gasteiger partial charge is 0.379 e. The maximum Gasteiger partial charge on any atom is 0.191 e. The number of unbranched alkanes of at least 4 members (excludes halogenated alkanes) is 1. The Morgan fingerprint density at radius 1 is 0.962 bits per heavy atom. The van der Waals surface area contributed by atoms with Gasteiger partial charge >= 0.3 is 0 Å². The van der Waals surface area contributed by atoms with E-state index in [1.54, 1.807) is 0 Å². The molecule has 0 aliphatic carbocycles. The summed E-state index contributed by atoms with van der Waals surface area (Å²) in [4.78, 5) is 9.80. The van der Waals surface area contributed by atoms with E-state index in [0.717, 1.165) is 84.6 Å². The smallest absolute Gasteiger partial charge is 0.191 e. The molecule has 2 aliphatic rings. The average Bonchev–Trinajstić information content (AvgIpc) is 2.67. The zero-order valence-corrected chi connectivity index (χ0v) is 17.1. The van der Waals surface area contributed by atoms with Crippen molar-refractivity contribution >= 4 is 5.96 Å². The van der Waals surface area contributed by atoms with E-state index in [4.69, 9.17) is 14.5 Å². The van der Waals surface area contributed by atoms with Crippen molar-refractivity contribution in [3.8, 4) is 0 Å². The van der Waals surface area contributed by atoms with Gasteiger partial charge in [0.05, 0.1) is 33.0 Å². The molecule has 0 spiro atoms. The second-order valence-corrected chi connectivity index (χ2v) is 7.69. The van der Waals surface area contributed by atoms with Gasteiger partial charge in [0.1, 0.15) is 0 Å². The highest BCUT2D eigenvalue weighted by molar-refractivity contribution is 5.79. The van der Waals surface area contributed by atoms with Crippen LogP contribution in [0.4, 0.5) is 0 Å². The Morgan fingerprint density at radius 3 is 2.27 bits per heavy atom. The molecule has 0 unspecified atom stereocenters. The van der Waals surface area contributed by atoms with Crippen molar-refractivity contribution in [2.75, 3.05) is 78.8 Å². The van der Waals surface area contributed by atoms with Gasteiger partial charge < -0.3 is 20.1 Å². The van der Waals surface area contributed by atoms with Crippen molar-refractivity contribution in [2.24, 2.45) is 4.99 Å². The summed E-state index contributed by atoms with van der Waals surface area (Å²) in [7, 11) is 0. The van der Waals surface area contributed by atoms with Crippen LogP contribution in [0.2, 0.25) is 0 Å². The van der Waals surface area contributed by atoms with Gasteiger partial charge in [0, 0.05) is 44.8 Å². The molecule has 0 bridgehead atoms. The Bertz CT molecular complexity index is 405. The fraction of sp³-hybridized carbons (Fsp3) is 0.947. The third-order valence-corrected chi connectivity index (χ3v) is 5.13. The lowest BCUT2D eigenvalue weighted by atomic mass is 10.0. The van der Waals surface area contributed by atoms with E-state index in [-0.39, 0.29) is 5.54 Å². The topological polar surface area (TPSA) is 61.4 Å². The molecule has 2 saturated heterocycles. The lowest BCUT2D eigenvalue weighted by molar-refractivity contribution is -0.00683. The van der Waals surface area contributed by atoms with E-state index in [0.29, 0.717) is 0 Å². The van der Waals surface area contributed by atoms with Crippen LogP contribution in [0.25, 0.3) is 0 Å². The number of hydrogen-bond donors (Lipinski definition) is 2. The fourth-order valence-electron chi connectivity index (χ4n) is 3.37. The summed E-state index contributed by atoms with van der Waals surface area (Å²) in [6, 6.07) is 0. The summed E-state index contributed by atoms with van der Waals surface area (Å²) < 4.78 is 10.9. The van der Waals surface area contributed by atoms with E-state index < -0.39 is 0 Å². The quantitative estimate of drug-likeness (QED) is 0.356. The van der Waals surface area contributed by atoms with Crippen LogP contribution in [-0.4, -0.2) is 100 Å². The number of morpholine rings is 2. The first-order chi connectivity index (χ1) is 12.6. The zero-order chi connectivity index (χ0) is 18.7. The van der Waals surface area contributed by atoms with Gasteiger partial charge in [-0.05, 0) is 40.2 Å². The highest BCUT2D eigenvalue weighted by Gasteiger charge is 2.28. The van der Waals surface area contributed by atoms with Crippen LogP contribution in [-0.2, 0) is 9.47 Å². The first kappa shape index (κ1) is 21.4. The van der Waals surface area contributed by atoms with Crippen LogP contribution in [0.15, 0.2) is 4.99 Å². The van der Waals surface area contributed by atoms with Crippen molar-refractivity contribution in [1.29, 1.82) is 0 Å². The monoisotopic (exact) mass is 369 g/mol. The van der Waals surface area contributed by atoms with Crippen molar-refractivity contribution < 1.29 is 9.47 Å². The molecule has 7 nitrogen and oxygen atoms in total. The summed E-state index contributed by atoms with van der Waals surface area (Å²) in [6.45, 7) is 18.0. The predicted octanol–water partition coefficient (Wildman–Crippen LogP) is 0.765. The van der Waals surface area contributed by atoms with Gasteiger partial charge in [-0.2, -0.15) is 0 Å². The minimum absolute atomic E-state index is 0.0580. The predicted molar refractivity (Wildman–Crippen MR) is 107 cm³/mol. The molecule has 2 N–H and O–H groups in total. The number of guanidine groups is 1. The van der Waals surface area contributed by atoms with Gasteiger partial charge in [0.25, 0.3) is 0 Å². The van der Waals surface area contributed by atoms with Crippen LogP contribution in [0, 0.1) is 0 Å². The Kier molecular flexibility index (Phi) is 9.67. The number of ether oxygens (including phenoxy) is 2. The molecule has 7 heteroatoms. The molecule has 0 atom stereocenters. The molecule has 2 fully saturated rings. The standard InChI is InChI=1S/C19H39N5O2/c1-4-20-18(21-7-5-6-8-23-9-13-25-14-10-23)22-17-19(2,3)24-11-15-26-16-12-24/h4-17H2,1-3H3,(H2,20,21,22). The Balaban J connectivity index is 1.68. The first-order valence-electron chi connectivity index (χ1n) is 10.3. The average molecular weight is 370 g/mol. The maximum atomic E-state index is 5.47. The van der Waals surface area contributed by atoms with E-state index in [9.17, 15) is 0 Å². The van der Waals surface area contributed by atoms with E-state index in [1.165, 1.54) is 13.0 Å². The molecule has 2 heterocycles. The summed E-state index contributed by atoms with van der Waals surface area (Å²) in [6.07, 6.45) is 2.38. The highest BCUT2D eigenvalue weighted by Crippen LogP contribution is 2.16. The fourth-order valence-corrected chi connectivity index (χ4v) is 3.37. The van der Waals surface area contributed by atoms with Crippen LogP contribution < -0.4 is 10.6 Å². The Morgan fingerprint density at radius 2 is 1.62 bits per heavy atom. The molecule has 2 aliphatic heterocycles. The molecular weight excluding hydrogens is 330 g/mol. The van der Waals surface area contributed by atoms with Crippen LogP contribution in [0.1, 0.15) is 33.6 Å². The van der Waals surface area contributed by atoms with Gasteiger partial charge in [0.15, 0.2) is 5.96 Å². The van der Waals surface area contributed by atoms with Crippen molar-refractivity contribution in [2.45, 2.75) is 39.2 Å². The minimum atomic E-state index is 0.0580. The SMILES string of the molecule is CCNC(=NCC(C)(C)N1CCOCC1)NCCCCN1CCOCC1. The molecule has 0 aromatic carbocycles. The molecule has 0 aromatic rings. The first-order valence-corrected chi connectivity index (χ1v) is 10.3. The molecule has 26 heavy (non-hydrogen) atoms. The van der Waals surface area contributed by atoms with Gasteiger partial charge in [-0.3, -0.25) is 14.8 Å². The van der Waals surface area contributed by atoms with Crippen LogP contribution in [0.5, 0.6) is 0 Å². The van der Waals surface area contributed by atoms with Gasteiger partial charge in [-0.1, -0.05) is 0 Å². The number of nitrogens with one attached hydrogen (secondary N) is 2. The number of nitrogens with zero attached hydrogens (tertiary/aromatic N) is 3.